The van der Waals surface area contributed by atoms with Gasteiger partial charge in [-0.1, -0.05) is 24.3 Å². The van der Waals surface area contributed by atoms with Gasteiger partial charge < -0.3 is 9.47 Å². The molecule has 2 aliphatic heterocycles. The Hall–Kier alpha value is -2.12. The molecular weight excluding hydrogens is 382 g/mol. The molecular formula is C20H19NO4S2. The second-order valence-corrected chi connectivity index (χ2v) is 8.99. The summed E-state index contributed by atoms with van der Waals surface area (Å²) in [6, 6.07) is 14.8. The number of carbonyl (C=O) groups is 2. The van der Waals surface area contributed by atoms with Crippen molar-refractivity contribution in [3.05, 3.63) is 54.1 Å². The van der Waals surface area contributed by atoms with Gasteiger partial charge in [-0.3, -0.25) is 9.69 Å². The number of amides is 1. The second-order valence-electron chi connectivity index (χ2n) is 6.27. The highest BCUT2D eigenvalue weighted by atomic mass is 32.2. The largest absolute Gasteiger partial charge is 0.479 e. The van der Waals surface area contributed by atoms with Crippen LogP contribution in [0.3, 0.4) is 0 Å². The minimum Gasteiger partial charge on any atom is -0.479 e. The molecule has 0 saturated carbocycles. The molecule has 2 aromatic carbocycles. The van der Waals surface area contributed by atoms with E-state index in [1.807, 2.05) is 59.9 Å². The molecule has 2 aliphatic rings. The van der Waals surface area contributed by atoms with Crippen LogP contribution in [0.1, 0.15) is 17.1 Å². The van der Waals surface area contributed by atoms with E-state index < -0.39 is 12.1 Å². The summed E-state index contributed by atoms with van der Waals surface area (Å²) in [6.07, 6.45) is -0.631. The van der Waals surface area contributed by atoms with Gasteiger partial charge in [0.15, 0.2) is 6.10 Å². The zero-order valence-electron chi connectivity index (χ0n) is 14.8. The summed E-state index contributed by atoms with van der Waals surface area (Å²) in [5.74, 6) is 2.67. The number of ether oxygens (including phenoxy) is 2. The number of esters is 1. The van der Waals surface area contributed by atoms with Crippen LogP contribution in [0.4, 0.5) is 5.69 Å². The predicted octanol–water partition coefficient (Wildman–Crippen LogP) is 3.88. The smallest absolute Gasteiger partial charge is 0.331 e. The van der Waals surface area contributed by atoms with E-state index in [1.54, 1.807) is 19.1 Å². The molecule has 0 aliphatic carbocycles. The lowest BCUT2D eigenvalue weighted by Gasteiger charge is -2.32. The van der Waals surface area contributed by atoms with Crippen LogP contribution in [0, 0.1) is 0 Å². The number of hydrogen-bond donors (Lipinski definition) is 0. The molecule has 1 atom stereocenters. The van der Waals surface area contributed by atoms with Crippen molar-refractivity contribution < 1.29 is 19.1 Å². The average Bonchev–Trinajstić information content (AvgIpc) is 3.21. The molecule has 0 bridgehead atoms. The van der Waals surface area contributed by atoms with Crippen molar-refractivity contribution in [3.63, 3.8) is 0 Å². The Bertz CT molecular complexity index is 849. The molecule has 1 saturated heterocycles. The molecule has 7 heteroatoms. The van der Waals surface area contributed by atoms with E-state index >= 15 is 0 Å². The zero-order valence-corrected chi connectivity index (χ0v) is 16.4. The maximum atomic E-state index is 12.5. The van der Waals surface area contributed by atoms with Gasteiger partial charge in [0, 0.05) is 11.5 Å². The van der Waals surface area contributed by atoms with E-state index in [1.165, 1.54) is 22.0 Å². The SMILES string of the molecule is CC1Oc2ccccc2N(CC(=O)Oc2ccc(C3SCCS3)cc2)C1=O. The molecule has 0 aromatic heterocycles. The van der Waals surface area contributed by atoms with Crippen LogP contribution >= 0.6 is 23.5 Å². The van der Waals surface area contributed by atoms with Crippen LogP contribution in [0.15, 0.2) is 48.5 Å². The number of benzene rings is 2. The Kier molecular flexibility index (Phi) is 5.31. The normalized spacial score (nSPS) is 19.5. The van der Waals surface area contributed by atoms with Crippen molar-refractivity contribution in [2.45, 2.75) is 17.6 Å². The molecule has 5 nitrogen and oxygen atoms in total. The highest BCUT2D eigenvalue weighted by Crippen LogP contribution is 2.45. The summed E-state index contributed by atoms with van der Waals surface area (Å²) in [4.78, 5) is 26.3. The van der Waals surface area contributed by atoms with Gasteiger partial charge in [-0.15, -0.1) is 23.5 Å². The maximum absolute atomic E-state index is 12.5. The summed E-state index contributed by atoms with van der Waals surface area (Å²) in [5, 5.41) is 0. The number of para-hydroxylation sites is 2. The van der Waals surface area contributed by atoms with Crippen molar-refractivity contribution in [1.82, 2.24) is 0 Å². The number of nitrogens with zero attached hydrogens (tertiary/aromatic N) is 1. The minimum absolute atomic E-state index is 0.153. The lowest BCUT2D eigenvalue weighted by molar-refractivity contribution is -0.135. The van der Waals surface area contributed by atoms with Gasteiger partial charge in [0.05, 0.1) is 10.3 Å². The Labute approximate surface area is 166 Å². The van der Waals surface area contributed by atoms with E-state index in [0.29, 0.717) is 21.8 Å². The Morgan fingerprint density at radius 2 is 1.85 bits per heavy atom. The lowest BCUT2D eigenvalue weighted by atomic mass is 10.2. The summed E-state index contributed by atoms with van der Waals surface area (Å²) in [7, 11) is 0. The minimum atomic E-state index is -0.631. The summed E-state index contributed by atoms with van der Waals surface area (Å²) in [5.41, 5.74) is 1.82. The van der Waals surface area contributed by atoms with Crippen LogP contribution in [-0.2, 0) is 9.59 Å². The van der Waals surface area contributed by atoms with Crippen molar-refractivity contribution in [3.8, 4) is 11.5 Å². The average molecular weight is 402 g/mol. The molecule has 2 aromatic rings. The van der Waals surface area contributed by atoms with Gasteiger partial charge in [0.1, 0.15) is 18.0 Å². The molecule has 0 N–H and O–H groups in total. The Balaban J connectivity index is 1.44. The van der Waals surface area contributed by atoms with Crippen LogP contribution in [-0.4, -0.2) is 36.0 Å². The third-order valence-corrected chi connectivity index (χ3v) is 7.47. The van der Waals surface area contributed by atoms with Crippen LogP contribution in [0.2, 0.25) is 0 Å². The number of hydrogen-bond acceptors (Lipinski definition) is 6. The monoisotopic (exact) mass is 401 g/mol. The topological polar surface area (TPSA) is 55.8 Å². The first-order chi connectivity index (χ1) is 13.1. The lowest BCUT2D eigenvalue weighted by Crippen LogP contribution is -2.47. The quantitative estimate of drug-likeness (QED) is 0.572. The van der Waals surface area contributed by atoms with Gasteiger partial charge in [-0.25, -0.2) is 4.79 Å². The highest BCUT2D eigenvalue weighted by molar-refractivity contribution is 8.19. The highest BCUT2D eigenvalue weighted by Gasteiger charge is 2.33. The van der Waals surface area contributed by atoms with Crippen LogP contribution in [0.5, 0.6) is 11.5 Å². The van der Waals surface area contributed by atoms with Gasteiger partial charge in [-0.05, 0) is 36.8 Å². The van der Waals surface area contributed by atoms with Crippen molar-refractivity contribution >= 4 is 41.1 Å². The number of anilines is 1. The zero-order chi connectivity index (χ0) is 18.8. The second kappa shape index (κ2) is 7.86. The number of rotatable bonds is 4. The number of thioether (sulfide) groups is 2. The molecule has 2 heterocycles. The first-order valence-electron chi connectivity index (χ1n) is 8.73. The van der Waals surface area contributed by atoms with E-state index in [9.17, 15) is 9.59 Å². The standard InChI is InChI=1S/C20H19NO4S2/c1-13-19(23)21(16-4-2-3-5-17(16)24-13)12-18(22)25-15-8-6-14(7-9-15)20-26-10-11-27-20/h2-9,13,20H,10-12H2,1H3. The molecule has 4 rings (SSSR count). The van der Waals surface area contributed by atoms with E-state index in [4.69, 9.17) is 9.47 Å². The molecule has 1 amide bonds. The number of fused-ring (bicyclic) bond motifs is 1. The van der Waals surface area contributed by atoms with Crippen molar-refractivity contribution in [2.75, 3.05) is 23.0 Å². The third kappa shape index (κ3) is 3.94. The number of carbonyl (C=O) groups excluding carboxylic acids is 2. The fourth-order valence-electron chi connectivity index (χ4n) is 3.06. The molecule has 0 radical (unpaired) electrons. The summed E-state index contributed by atoms with van der Waals surface area (Å²) >= 11 is 3.86. The van der Waals surface area contributed by atoms with Crippen LogP contribution < -0.4 is 14.4 Å². The van der Waals surface area contributed by atoms with Crippen molar-refractivity contribution in [2.24, 2.45) is 0 Å². The molecule has 1 fully saturated rings. The summed E-state index contributed by atoms with van der Waals surface area (Å²) < 4.78 is 11.5. The van der Waals surface area contributed by atoms with E-state index in [0.717, 1.165) is 0 Å². The molecule has 140 valence electrons. The van der Waals surface area contributed by atoms with Gasteiger partial charge in [0.2, 0.25) is 0 Å². The van der Waals surface area contributed by atoms with Gasteiger partial charge in [0.25, 0.3) is 5.91 Å². The maximum Gasteiger partial charge on any atom is 0.331 e. The Morgan fingerprint density at radius 1 is 1.15 bits per heavy atom. The molecule has 0 spiro atoms. The predicted molar refractivity (Wildman–Crippen MR) is 109 cm³/mol. The fraction of sp³-hybridized carbons (Fsp3) is 0.300. The fourth-order valence-corrected chi connectivity index (χ4v) is 5.92. The third-order valence-electron chi connectivity index (χ3n) is 4.37. The van der Waals surface area contributed by atoms with E-state index in [-0.39, 0.29) is 12.5 Å². The first kappa shape index (κ1) is 18.3. The first-order valence-corrected chi connectivity index (χ1v) is 10.8. The van der Waals surface area contributed by atoms with Crippen LogP contribution in [0.25, 0.3) is 0 Å². The molecule has 1 unspecified atom stereocenters. The Morgan fingerprint density at radius 3 is 2.59 bits per heavy atom. The van der Waals surface area contributed by atoms with Crippen molar-refractivity contribution in [1.29, 1.82) is 0 Å². The van der Waals surface area contributed by atoms with E-state index in [2.05, 4.69) is 0 Å². The molecule has 27 heavy (non-hydrogen) atoms. The van der Waals surface area contributed by atoms with Gasteiger partial charge in [-0.2, -0.15) is 0 Å². The van der Waals surface area contributed by atoms with Gasteiger partial charge >= 0.3 is 5.97 Å². The summed E-state index contributed by atoms with van der Waals surface area (Å²) in [6.45, 7) is 1.52.